The summed E-state index contributed by atoms with van der Waals surface area (Å²) in [4.78, 5) is 4.56. The van der Waals surface area contributed by atoms with E-state index in [-0.39, 0.29) is 0 Å². The first kappa shape index (κ1) is 18.6. The van der Waals surface area contributed by atoms with Gasteiger partial charge in [-0.2, -0.15) is 0 Å². The van der Waals surface area contributed by atoms with Crippen LogP contribution in [-0.4, -0.2) is 18.2 Å². The van der Waals surface area contributed by atoms with Crippen molar-refractivity contribution in [1.29, 1.82) is 0 Å². The standard InChI is InChI=1S/C19H29NO2/c1-3-5-7-9-14-21-16-18-12-11-13-19(20-18)17-22-15-10-8-6-4-2/h3-6,11-13H,7-10,14-17H2,1-2H3/b5-3+,6-4+. The second kappa shape index (κ2) is 13.2. The molecule has 0 aliphatic heterocycles. The number of aromatic nitrogens is 1. The van der Waals surface area contributed by atoms with Crippen LogP contribution in [0.1, 0.15) is 50.9 Å². The van der Waals surface area contributed by atoms with Crippen molar-refractivity contribution in [1.82, 2.24) is 4.98 Å². The van der Waals surface area contributed by atoms with Crippen molar-refractivity contribution in [2.45, 2.75) is 52.7 Å². The molecule has 0 unspecified atom stereocenters. The molecule has 1 rings (SSSR count). The first-order valence-corrected chi connectivity index (χ1v) is 8.19. The van der Waals surface area contributed by atoms with E-state index < -0.39 is 0 Å². The molecule has 0 aromatic carbocycles. The van der Waals surface area contributed by atoms with Crippen molar-refractivity contribution in [3.05, 3.63) is 53.9 Å². The topological polar surface area (TPSA) is 31.4 Å². The maximum Gasteiger partial charge on any atom is 0.0887 e. The van der Waals surface area contributed by atoms with Gasteiger partial charge in [-0.25, -0.2) is 0 Å². The van der Waals surface area contributed by atoms with Crippen LogP contribution in [0.15, 0.2) is 42.5 Å². The van der Waals surface area contributed by atoms with Crippen molar-refractivity contribution < 1.29 is 9.47 Å². The van der Waals surface area contributed by atoms with E-state index in [1.54, 1.807) is 0 Å². The van der Waals surface area contributed by atoms with Crippen molar-refractivity contribution in [2.24, 2.45) is 0 Å². The predicted octanol–water partition coefficient (Wildman–Crippen LogP) is 4.83. The normalized spacial score (nSPS) is 11.7. The summed E-state index contributed by atoms with van der Waals surface area (Å²) in [7, 11) is 0. The fraction of sp³-hybridized carbons (Fsp3) is 0.526. The molecular weight excluding hydrogens is 274 g/mol. The number of allylic oxidation sites excluding steroid dienone is 4. The molecule has 0 fully saturated rings. The Morgan fingerprint density at radius 1 is 0.864 bits per heavy atom. The van der Waals surface area contributed by atoms with E-state index in [0.29, 0.717) is 13.2 Å². The molecule has 3 nitrogen and oxygen atoms in total. The summed E-state index contributed by atoms with van der Waals surface area (Å²) in [5, 5.41) is 0. The van der Waals surface area contributed by atoms with E-state index in [1.807, 2.05) is 32.0 Å². The second-order valence-electron chi connectivity index (χ2n) is 5.15. The summed E-state index contributed by atoms with van der Waals surface area (Å²) in [5.41, 5.74) is 1.95. The molecule has 1 aromatic rings. The highest BCUT2D eigenvalue weighted by atomic mass is 16.5. The van der Waals surface area contributed by atoms with Crippen LogP contribution in [0.4, 0.5) is 0 Å². The molecule has 0 spiro atoms. The van der Waals surface area contributed by atoms with Crippen LogP contribution in [-0.2, 0) is 22.7 Å². The summed E-state index contributed by atoms with van der Waals surface area (Å²) in [6, 6.07) is 6.02. The molecule has 0 N–H and O–H groups in total. The highest BCUT2D eigenvalue weighted by Gasteiger charge is 1.99. The Hall–Kier alpha value is -1.45. The van der Waals surface area contributed by atoms with E-state index in [2.05, 4.69) is 29.3 Å². The highest BCUT2D eigenvalue weighted by molar-refractivity contribution is 5.09. The smallest absolute Gasteiger partial charge is 0.0887 e. The van der Waals surface area contributed by atoms with Gasteiger partial charge in [0, 0.05) is 13.2 Å². The van der Waals surface area contributed by atoms with Gasteiger partial charge >= 0.3 is 0 Å². The predicted molar refractivity (Wildman–Crippen MR) is 91.6 cm³/mol. The van der Waals surface area contributed by atoms with E-state index in [1.165, 1.54) is 0 Å². The molecule has 0 amide bonds. The minimum absolute atomic E-state index is 0.574. The van der Waals surface area contributed by atoms with Gasteiger partial charge in [-0.3, -0.25) is 4.98 Å². The Morgan fingerprint density at radius 3 is 1.82 bits per heavy atom. The molecule has 1 heterocycles. The van der Waals surface area contributed by atoms with E-state index in [4.69, 9.17) is 9.47 Å². The Labute approximate surface area is 135 Å². The monoisotopic (exact) mass is 303 g/mol. The quantitative estimate of drug-likeness (QED) is 0.409. The number of ether oxygens (including phenoxy) is 2. The van der Waals surface area contributed by atoms with Gasteiger partial charge in [-0.05, 0) is 51.7 Å². The third-order valence-corrected chi connectivity index (χ3v) is 3.15. The van der Waals surface area contributed by atoms with Crippen LogP contribution in [0, 0.1) is 0 Å². The Morgan fingerprint density at radius 2 is 1.36 bits per heavy atom. The maximum atomic E-state index is 5.65. The summed E-state index contributed by atoms with van der Waals surface area (Å²) in [6.45, 7) is 6.78. The lowest BCUT2D eigenvalue weighted by molar-refractivity contribution is 0.110. The largest absolute Gasteiger partial charge is 0.375 e. The number of unbranched alkanes of at least 4 members (excludes halogenated alkanes) is 2. The zero-order valence-electron chi connectivity index (χ0n) is 14.0. The number of hydrogen-bond donors (Lipinski definition) is 0. The zero-order chi connectivity index (χ0) is 15.9. The molecule has 0 bridgehead atoms. The van der Waals surface area contributed by atoms with Crippen LogP contribution in [0.2, 0.25) is 0 Å². The maximum absolute atomic E-state index is 5.65. The molecular formula is C19H29NO2. The third kappa shape index (κ3) is 9.48. The lowest BCUT2D eigenvalue weighted by Crippen LogP contribution is -2.02. The first-order chi connectivity index (χ1) is 10.9. The summed E-state index contributed by atoms with van der Waals surface area (Å²) in [5.74, 6) is 0. The van der Waals surface area contributed by atoms with Gasteiger partial charge in [-0.15, -0.1) is 0 Å². The molecule has 22 heavy (non-hydrogen) atoms. The molecule has 0 radical (unpaired) electrons. The molecule has 1 aromatic heterocycles. The zero-order valence-corrected chi connectivity index (χ0v) is 14.0. The Balaban J connectivity index is 2.18. The Bertz CT molecular complexity index is 404. The minimum atomic E-state index is 0.574. The van der Waals surface area contributed by atoms with E-state index >= 15 is 0 Å². The SMILES string of the molecule is C/C=C/CCCOCc1cccc(COCCC/C=C/C)n1. The lowest BCUT2D eigenvalue weighted by Gasteiger charge is -2.06. The molecule has 3 heteroatoms. The third-order valence-electron chi connectivity index (χ3n) is 3.15. The van der Waals surface area contributed by atoms with Crippen molar-refractivity contribution >= 4 is 0 Å². The van der Waals surface area contributed by atoms with Crippen LogP contribution in [0.25, 0.3) is 0 Å². The highest BCUT2D eigenvalue weighted by Crippen LogP contribution is 2.04. The van der Waals surface area contributed by atoms with Gasteiger partial charge in [-0.1, -0.05) is 30.4 Å². The van der Waals surface area contributed by atoms with Gasteiger partial charge < -0.3 is 9.47 Å². The van der Waals surface area contributed by atoms with Crippen LogP contribution >= 0.6 is 0 Å². The number of hydrogen-bond acceptors (Lipinski definition) is 3. The van der Waals surface area contributed by atoms with Crippen LogP contribution in [0.5, 0.6) is 0 Å². The number of pyridine rings is 1. The van der Waals surface area contributed by atoms with Crippen LogP contribution in [0.3, 0.4) is 0 Å². The summed E-state index contributed by atoms with van der Waals surface area (Å²) >= 11 is 0. The molecule has 0 saturated carbocycles. The van der Waals surface area contributed by atoms with Crippen LogP contribution < -0.4 is 0 Å². The molecule has 0 aliphatic carbocycles. The molecule has 0 atom stereocenters. The van der Waals surface area contributed by atoms with E-state index in [0.717, 1.165) is 50.3 Å². The summed E-state index contributed by atoms with van der Waals surface area (Å²) in [6.07, 6.45) is 12.7. The fourth-order valence-electron chi connectivity index (χ4n) is 1.98. The van der Waals surface area contributed by atoms with Gasteiger partial charge in [0.2, 0.25) is 0 Å². The Kier molecular flexibility index (Phi) is 11.2. The average molecular weight is 303 g/mol. The van der Waals surface area contributed by atoms with Crippen molar-refractivity contribution in [3.63, 3.8) is 0 Å². The van der Waals surface area contributed by atoms with E-state index in [9.17, 15) is 0 Å². The first-order valence-electron chi connectivity index (χ1n) is 8.19. The van der Waals surface area contributed by atoms with Gasteiger partial charge in [0.1, 0.15) is 0 Å². The summed E-state index contributed by atoms with van der Waals surface area (Å²) < 4.78 is 11.3. The molecule has 0 aliphatic rings. The molecule has 0 saturated heterocycles. The van der Waals surface area contributed by atoms with Crippen molar-refractivity contribution in [2.75, 3.05) is 13.2 Å². The second-order valence-corrected chi connectivity index (χ2v) is 5.15. The van der Waals surface area contributed by atoms with Gasteiger partial charge in [0.15, 0.2) is 0 Å². The lowest BCUT2D eigenvalue weighted by atomic mass is 10.3. The van der Waals surface area contributed by atoms with Gasteiger partial charge in [0.25, 0.3) is 0 Å². The van der Waals surface area contributed by atoms with Gasteiger partial charge in [0.05, 0.1) is 24.6 Å². The number of nitrogens with zero attached hydrogens (tertiary/aromatic N) is 1. The minimum Gasteiger partial charge on any atom is -0.375 e. The fourth-order valence-corrected chi connectivity index (χ4v) is 1.98. The average Bonchev–Trinajstić information content (AvgIpc) is 2.54. The molecule has 122 valence electrons. The van der Waals surface area contributed by atoms with Crippen molar-refractivity contribution in [3.8, 4) is 0 Å². The number of rotatable bonds is 12.